The van der Waals surface area contributed by atoms with Crippen LogP contribution in [0, 0.1) is 0 Å². The quantitative estimate of drug-likeness (QED) is 0.580. The van der Waals surface area contributed by atoms with Gasteiger partial charge >= 0.3 is 24.5 Å². The fraction of sp³-hybridized carbons (Fsp3) is 0.333. The fourth-order valence-corrected chi connectivity index (χ4v) is 0.599. The molecular formula is C6H7N3O4. The van der Waals surface area contributed by atoms with Gasteiger partial charge in [0.2, 0.25) is 0 Å². The van der Waals surface area contributed by atoms with Crippen molar-refractivity contribution in [1.29, 1.82) is 0 Å². The van der Waals surface area contributed by atoms with Gasteiger partial charge in [0.05, 0.1) is 14.2 Å². The monoisotopic (exact) mass is 185 g/mol. The van der Waals surface area contributed by atoms with Gasteiger partial charge in [0.1, 0.15) is 0 Å². The molecule has 0 spiro atoms. The first-order chi connectivity index (χ1) is 6.30. The largest absolute Gasteiger partial charge is 0.467 e. The molecule has 1 rings (SSSR count). The molecule has 70 valence electrons. The Labute approximate surface area is 73.7 Å². The Morgan fingerprint density at radius 1 is 1.00 bits per heavy atom. The van der Waals surface area contributed by atoms with Crippen LogP contribution in [0.1, 0.15) is 0 Å². The van der Waals surface area contributed by atoms with Crippen LogP contribution in [0.2, 0.25) is 0 Å². The van der Waals surface area contributed by atoms with Gasteiger partial charge in [-0.25, -0.2) is 0 Å². The van der Waals surface area contributed by atoms with Gasteiger partial charge in [-0.1, -0.05) is 0 Å². The second-order valence-electron chi connectivity index (χ2n) is 1.81. The Bertz CT molecular complexity index is 282. The van der Waals surface area contributed by atoms with Crippen molar-refractivity contribution in [3.8, 4) is 18.0 Å². The Balaban J connectivity index is 2.99. The predicted molar refractivity (Wildman–Crippen MR) is 39.6 cm³/mol. The van der Waals surface area contributed by atoms with E-state index in [1.54, 1.807) is 0 Å². The third-order valence-corrected chi connectivity index (χ3v) is 1.09. The molecule has 0 unspecified atom stereocenters. The molecule has 0 bridgehead atoms. The van der Waals surface area contributed by atoms with Crippen LogP contribution in [0.4, 0.5) is 0 Å². The van der Waals surface area contributed by atoms with Crippen LogP contribution < -0.4 is 14.2 Å². The highest BCUT2D eigenvalue weighted by Crippen LogP contribution is 2.12. The number of nitrogens with zero attached hydrogens (tertiary/aromatic N) is 3. The summed E-state index contributed by atoms with van der Waals surface area (Å²) < 4.78 is 13.8. The van der Waals surface area contributed by atoms with Gasteiger partial charge in [-0.2, -0.15) is 0 Å². The summed E-state index contributed by atoms with van der Waals surface area (Å²) in [5.74, 6) is 0. The van der Waals surface area contributed by atoms with Crippen LogP contribution in [-0.2, 0) is 4.79 Å². The third kappa shape index (κ3) is 2.26. The maximum absolute atomic E-state index is 9.97. The van der Waals surface area contributed by atoms with E-state index in [0.29, 0.717) is 0 Å². The van der Waals surface area contributed by atoms with Crippen molar-refractivity contribution in [2.24, 2.45) is 0 Å². The number of methoxy groups -OCH3 is 2. The van der Waals surface area contributed by atoms with Crippen molar-refractivity contribution in [2.75, 3.05) is 14.2 Å². The second-order valence-corrected chi connectivity index (χ2v) is 1.81. The number of carbonyl (C=O) groups excluding carboxylic acids is 1. The van der Waals surface area contributed by atoms with Gasteiger partial charge in [-0.15, -0.1) is 15.0 Å². The molecule has 0 fully saturated rings. The molecule has 0 radical (unpaired) electrons. The normalized spacial score (nSPS) is 9.08. The van der Waals surface area contributed by atoms with Crippen LogP contribution >= 0.6 is 0 Å². The van der Waals surface area contributed by atoms with Crippen molar-refractivity contribution >= 4 is 6.47 Å². The molecule has 0 N–H and O–H groups in total. The van der Waals surface area contributed by atoms with Crippen molar-refractivity contribution in [2.45, 2.75) is 0 Å². The van der Waals surface area contributed by atoms with E-state index >= 15 is 0 Å². The van der Waals surface area contributed by atoms with Crippen LogP contribution in [0.25, 0.3) is 0 Å². The van der Waals surface area contributed by atoms with Gasteiger partial charge in [-0.05, 0) is 0 Å². The van der Waals surface area contributed by atoms with Gasteiger partial charge in [0.25, 0.3) is 0 Å². The molecule has 1 heterocycles. The molecule has 0 saturated heterocycles. The van der Waals surface area contributed by atoms with Crippen LogP contribution in [0.15, 0.2) is 0 Å². The summed E-state index contributed by atoms with van der Waals surface area (Å²) in [6, 6.07) is -0.133. The summed E-state index contributed by atoms with van der Waals surface area (Å²) in [6.07, 6.45) is 0. The molecule has 1 aromatic heterocycles. The maximum atomic E-state index is 9.97. The first-order valence-corrected chi connectivity index (χ1v) is 3.24. The molecule has 0 saturated carbocycles. The molecule has 0 atom stereocenters. The van der Waals surface area contributed by atoms with E-state index < -0.39 is 0 Å². The molecule has 7 heteroatoms. The molecule has 0 aliphatic rings. The summed E-state index contributed by atoms with van der Waals surface area (Å²) >= 11 is 0. The lowest BCUT2D eigenvalue weighted by molar-refractivity contribution is -0.121. The van der Waals surface area contributed by atoms with Crippen LogP contribution in [0.5, 0.6) is 18.0 Å². The molecule has 0 aliphatic heterocycles. The molecule has 13 heavy (non-hydrogen) atoms. The zero-order chi connectivity index (χ0) is 9.68. The third-order valence-electron chi connectivity index (χ3n) is 1.09. The first-order valence-electron chi connectivity index (χ1n) is 3.24. The molecular weight excluding hydrogens is 178 g/mol. The first kappa shape index (κ1) is 9.17. The highest BCUT2D eigenvalue weighted by molar-refractivity contribution is 5.41. The minimum atomic E-state index is -0.168. The minimum absolute atomic E-state index is 0.0173. The maximum Gasteiger partial charge on any atom is 0.333 e. The highest BCUT2D eigenvalue weighted by Gasteiger charge is 2.06. The van der Waals surface area contributed by atoms with Crippen LogP contribution in [0.3, 0.4) is 0 Å². The minimum Gasteiger partial charge on any atom is -0.467 e. The topological polar surface area (TPSA) is 83.4 Å². The summed E-state index contributed by atoms with van der Waals surface area (Å²) in [5, 5.41) is 0. The smallest absolute Gasteiger partial charge is 0.333 e. The molecule has 0 aromatic carbocycles. The van der Waals surface area contributed by atoms with Crippen molar-refractivity contribution in [1.82, 2.24) is 15.0 Å². The zero-order valence-corrected chi connectivity index (χ0v) is 7.05. The summed E-state index contributed by atoms with van der Waals surface area (Å²) in [4.78, 5) is 20.9. The number of carbonyl (C=O) groups is 1. The lowest BCUT2D eigenvalue weighted by atomic mass is 10.9. The van der Waals surface area contributed by atoms with Gasteiger partial charge < -0.3 is 14.2 Å². The van der Waals surface area contributed by atoms with Gasteiger partial charge in [-0.3, -0.25) is 4.79 Å². The summed E-state index contributed by atoms with van der Waals surface area (Å²) in [7, 11) is 2.75. The molecule has 0 aliphatic carbocycles. The summed E-state index contributed by atoms with van der Waals surface area (Å²) in [5.41, 5.74) is 0. The Hall–Kier alpha value is -1.92. The average molecular weight is 185 g/mol. The van der Waals surface area contributed by atoms with Crippen LogP contribution in [-0.4, -0.2) is 35.6 Å². The fourth-order valence-electron chi connectivity index (χ4n) is 0.599. The van der Waals surface area contributed by atoms with E-state index in [9.17, 15) is 4.79 Å². The zero-order valence-electron chi connectivity index (χ0n) is 7.05. The van der Waals surface area contributed by atoms with Crippen molar-refractivity contribution in [3.63, 3.8) is 0 Å². The molecule has 0 amide bonds. The number of hydrogen-bond acceptors (Lipinski definition) is 7. The van der Waals surface area contributed by atoms with E-state index in [-0.39, 0.29) is 24.5 Å². The SMILES string of the molecule is COc1nc(OC)nc(OC=O)n1. The average Bonchev–Trinajstić information content (AvgIpc) is 2.17. The lowest BCUT2D eigenvalue weighted by Crippen LogP contribution is -2.02. The molecule has 7 nitrogen and oxygen atoms in total. The van der Waals surface area contributed by atoms with E-state index in [2.05, 4.69) is 19.7 Å². The van der Waals surface area contributed by atoms with E-state index in [0.717, 1.165) is 0 Å². The van der Waals surface area contributed by atoms with E-state index in [1.807, 2.05) is 0 Å². The second kappa shape index (κ2) is 4.19. The van der Waals surface area contributed by atoms with Crippen molar-refractivity contribution < 1.29 is 19.0 Å². The highest BCUT2D eigenvalue weighted by atomic mass is 16.5. The predicted octanol–water partition coefficient (Wildman–Crippen LogP) is -0.576. The van der Waals surface area contributed by atoms with Crippen molar-refractivity contribution in [3.05, 3.63) is 0 Å². The Morgan fingerprint density at radius 2 is 1.46 bits per heavy atom. The van der Waals surface area contributed by atoms with Gasteiger partial charge in [0, 0.05) is 0 Å². The Kier molecular flexibility index (Phi) is 2.96. The van der Waals surface area contributed by atoms with E-state index in [1.165, 1.54) is 14.2 Å². The molecule has 1 aromatic rings. The number of aromatic nitrogens is 3. The summed E-state index contributed by atoms with van der Waals surface area (Å²) in [6.45, 7) is 0.203. The Morgan fingerprint density at radius 3 is 1.85 bits per heavy atom. The van der Waals surface area contributed by atoms with E-state index in [4.69, 9.17) is 9.47 Å². The standard InChI is InChI=1S/C6H7N3O4/c1-11-4-7-5(12-2)9-6(8-4)13-3-10/h3H,1-2H3. The van der Waals surface area contributed by atoms with Gasteiger partial charge in [0.15, 0.2) is 0 Å². The number of ether oxygens (including phenoxy) is 3. The lowest BCUT2D eigenvalue weighted by Gasteiger charge is -2.01. The number of hydrogen-bond donors (Lipinski definition) is 0. The number of rotatable bonds is 4.